The standard InChI is InChI=1S/C16H23N3O/c1-3-17-14(16(2)8-4-5-9-16)11-6-7-12-13(10-11)19-15(20)18-12/h6-7,10,14,17H,3-5,8-9H2,1-2H3,(H2,18,19,20). The summed E-state index contributed by atoms with van der Waals surface area (Å²) in [6, 6.07) is 6.62. The topological polar surface area (TPSA) is 60.7 Å². The third-order valence-electron chi connectivity index (χ3n) is 4.72. The van der Waals surface area contributed by atoms with Gasteiger partial charge in [-0.1, -0.05) is 32.8 Å². The second-order valence-corrected chi connectivity index (χ2v) is 6.24. The molecule has 4 nitrogen and oxygen atoms in total. The van der Waals surface area contributed by atoms with Gasteiger partial charge >= 0.3 is 5.69 Å². The predicted molar refractivity (Wildman–Crippen MR) is 81.9 cm³/mol. The minimum Gasteiger partial charge on any atom is -0.310 e. The Labute approximate surface area is 119 Å². The highest BCUT2D eigenvalue weighted by atomic mass is 16.1. The first-order valence-electron chi connectivity index (χ1n) is 7.58. The third kappa shape index (κ3) is 2.29. The van der Waals surface area contributed by atoms with Crippen LogP contribution in [0.15, 0.2) is 23.0 Å². The maximum Gasteiger partial charge on any atom is 0.323 e. The van der Waals surface area contributed by atoms with Gasteiger partial charge in [0.2, 0.25) is 0 Å². The van der Waals surface area contributed by atoms with E-state index >= 15 is 0 Å². The first kappa shape index (κ1) is 13.4. The number of benzene rings is 1. The van der Waals surface area contributed by atoms with Crippen LogP contribution in [0.2, 0.25) is 0 Å². The minimum atomic E-state index is -0.135. The lowest BCUT2D eigenvalue weighted by Gasteiger charge is -2.35. The van der Waals surface area contributed by atoms with E-state index in [9.17, 15) is 4.79 Å². The summed E-state index contributed by atoms with van der Waals surface area (Å²) in [6.45, 7) is 5.50. The highest BCUT2D eigenvalue weighted by Crippen LogP contribution is 2.47. The van der Waals surface area contributed by atoms with Crippen molar-refractivity contribution in [3.8, 4) is 0 Å². The van der Waals surface area contributed by atoms with Gasteiger partial charge in [0.25, 0.3) is 0 Å². The molecule has 0 spiro atoms. The van der Waals surface area contributed by atoms with Crippen molar-refractivity contribution in [2.45, 2.75) is 45.6 Å². The van der Waals surface area contributed by atoms with E-state index in [0.29, 0.717) is 11.5 Å². The van der Waals surface area contributed by atoms with Crippen molar-refractivity contribution in [3.05, 3.63) is 34.2 Å². The number of aromatic amines is 2. The number of aromatic nitrogens is 2. The summed E-state index contributed by atoms with van der Waals surface area (Å²) in [6.07, 6.45) is 5.18. The van der Waals surface area contributed by atoms with Crippen LogP contribution in [-0.2, 0) is 0 Å². The lowest BCUT2D eigenvalue weighted by atomic mass is 9.77. The van der Waals surface area contributed by atoms with Crippen molar-refractivity contribution in [1.29, 1.82) is 0 Å². The van der Waals surface area contributed by atoms with Gasteiger partial charge < -0.3 is 15.3 Å². The second kappa shape index (κ2) is 5.09. The van der Waals surface area contributed by atoms with Gasteiger partial charge in [-0.3, -0.25) is 0 Å². The van der Waals surface area contributed by atoms with Crippen molar-refractivity contribution in [1.82, 2.24) is 15.3 Å². The number of hydrogen-bond acceptors (Lipinski definition) is 2. The van der Waals surface area contributed by atoms with Crippen LogP contribution in [0.5, 0.6) is 0 Å². The van der Waals surface area contributed by atoms with E-state index in [1.54, 1.807) is 0 Å². The molecule has 0 radical (unpaired) electrons. The molecular weight excluding hydrogens is 250 g/mol. The summed E-state index contributed by atoms with van der Waals surface area (Å²) in [5.74, 6) is 0. The second-order valence-electron chi connectivity index (χ2n) is 6.24. The lowest BCUT2D eigenvalue weighted by Crippen LogP contribution is -2.34. The number of rotatable bonds is 4. The van der Waals surface area contributed by atoms with Gasteiger partial charge in [0.1, 0.15) is 0 Å². The molecule has 1 aliphatic rings. The van der Waals surface area contributed by atoms with Crippen molar-refractivity contribution < 1.29 is 0 Å². The van der Waals surface area contributed by atoms with Gasteiger partial charge in [0.05, 0.1) is 11.0 Å². The molecule has 1 aliphatic carbocycles. The molecule has 1 fully saturated rings. The third-order valence-corrected chi connectivity index (χ3v) is 4.72. The first-order valence-corrected chi connectivity index (χ1v) is 7.58. The van der Waals surface area contributed by atoms with Gasteiger partial charge in [-0.2, -0.15) is 0 Å². The van der Waals surface area contributed by atoms with Gasteiger partial charge in [-0.05, 0) is 42.5 Å². The Bertz CT molecular complexity index is 649. The Morgan fingerprint density at radius 3 is 2.65 bits per heavy atom. The molecule has 0 bridgehead atoms. The van der Waals surface area contributed by atoms with Gasteiger partial charge in [-0.15, -0.1) is 0 Å². The minimum absolute atomic E-state index is 0.135. The summed E-state index contributed by atoms with van der Waals surface area (Å²) < 4.78 is 0. The Hall–Kier alpha value is -1.55. The smallest absolute Gasteiger partial charge is 0.310 e. The largest absolute Gasteiger partial charge is 0.323 e. The molecule has 0 amide bonds. The predicted octanol–water partition coefficient (Wildman–Crippen LogP) is 3.09. The Balaban J connectivity index is 2.01. The number of nitrogens with one attached hydrogen (secondary N) is 3. The van der Waals surface area contributed by atoms with Crippen LogP contribution in [-0.4, -0.2) is 16.5 Å². The number of H-pyrrole nitrogens is 2. The lowest BCUT2D eigenvalue weighted by molar-refractivity contribution is 0.226. The van der Waals surface area contributed by atoms with Gasteiger partial charge in [0.15, 0.2) is 0 Å². The molecule has 1 saturated carbocycles. The zero-order valence-electron chi connectivity index (χ0n) is 12.3. The first-order chi connectivity index (χ1) is 9.62. The van der Waals surface area contributed by atoms with Crippen molar-refractivity contribution in [2.75, 3.05) is 6.54 Å². The summed E-state index contributed by atoms with van der Waals surface area (Å²) in [5.41, 5.74) is 3.24. The molecule has 0 aliphatic heterocycles. The van der Waals surface area contributed by atoms with E-state index in [1.165, 1.54) is 31.2 Å². The zero-order chi connectivity index (χ0) is 14.2. The molecule has 1 atom stereocenters. The SMILES string of the molecule is CCNC(c1ccc2[nH]c(=O)[nH]c2c1)C1(C)CCCC1. The van der Waals surface area contributed by atoms with Crippen LogP contribution < -0.4 is 11.0 Å². The molecule has 0 saturated heterocycles. The van der Waals surface area contributed by atoms with Crippen LogP contribution in [0, 0.1) is 5.41 Å². The molecule has 108 valence electrons. The fraction of sp³-hybridized carbons (Fsp3) is 0.562. The van der Waals surface area contributed by atoms with Crippen molar-refractivity contribution >= 4 is 11.0 Å². The quantitative estimate of drug-likeness (QED) is 0.801. The summed E-state index contributed by atoms with van der Waals surface area (Å²) in [4.78, 5) is 17.1. The molecule has 20 heavy (non-hydrogen) atoms. The molecule has 1 aromatic carbocycles. The van der Waals surface area contributed by atoms with Crippen LogP contribution in [0.4, 0.5) is 0 Å². The van der Waals surface area contributed by atoms with Crippen LogP contribution in [0.25, 0.3) is 11.0 Å². The fourth-order valence-electron chi connectivity index (χ4n) is 3.67. The Kier molecular flexibility index (Phi) is 3.42. The maximum atomic E-state index is 11.4. The van der Waals surface area contributed by atoms with E-state index in [1.807, 2.05) is 6.07 Å². The molecular formula is C16H23N3O. The number of hydrogen-bond donors (Lipinski definition) is 3. The number of fused-ring (bicyclic) bond motifs is 1. The molecule has 2 aromatic rings. The number of imidazole rings is 1. The average molecular weight is 273 g/mol. The van der Waals surface area contributed by atoms with E-state index in [0.717, 1.165) is 17.6 Å². The monoisotopic (exact) mass is 273 g/mol. The summed E-state index contributed by atoms with van der Waals surface area (Å²) >= 11 is 0. The van der Waals surface area contributed by atoms with Crippen LogP contribution in [0.1, 0.15) is 51.1 Å². The van der Waals surface area contributed by atoms with Crippen LogP contribution in [0.3, 0.4) is 0 Å². The van der Waals surface area contributed by atoms with Crippen LogP contribution >= 0.6 is 0 Å². The van der Waals surface area contributed by atoms with Gasteiger partial charge in [0, 0.05) is 6.04 Å². The summed E-state index contributed by atoms with van der Waals surface area (Å²) in [7, 11) is 0. The van der Waals surface area contributed by atoms with Gasteiger partial charge in [-0.25, -0.2) is 4.79 Å². The average Bonchev–Trinajstić information content (AvgIpc) is 3.00. The Morgan fingerprint density at radius 1 is 1.25 bits per heavy atom. The molecule has 1 aromatic heterocycles. The molecule has 3 rings (SSSR count). The molecule has 4 heteroatoms. The highest BCUT2D eigenvalue weighted by Gasteiger charge is 2.37. The molecule has 3 N–H and O–H groups in total. The highest BCUT2D eigenvalue weighted by molar-refractivity contribution is 5.75. The normalized spacial score (nSPS) is 19.5. The van der Waals surface area contributed by atoms with E-state index in [4.69, 9.17) is 0 Å². The summed E-state index contributed by atoms with van der Waals surface area (Å²) in [5, 5.41) is 3.65. The molecule has 1 heterocycles. The van der Waals surface area contributed by atoms with Crippen molar-refractivity contribution in [2.24, 2.45) is 5.41 Å². The Morgan fingerprint density at radius 2 is 1.95 bits per heavy atom. The van der Waals surface area contributed by atoms with E-state index in [-0.39, 0.29) is 5.69 Å². The maximum absolute atomic E-state index is 11.4. The zero-order valence-corrected chi connectivity index (χ0v) is 12.3. The fourth-order valence-corrected chi connectivity index (χ4v) is 3.67. The van der Waals surface area contributed by atoms with E-state index in [2.05, 4.69) is 41.3 Å². The molecule has 1 unspecified atom stereocenters. The van der Waals surface area contributed by atoms with E-state index < -0.39 is 0 Å². The van der Waals surface area contributed by atoms with Crippen molar-refractivity contribution in [3.63, 3.8) is 0 Å².